The van der Waals surface area contributed by atoms with E-state index in [1.54, 1.807) is 37.3 Å². The summed E-state index contributed by atoms with van der Waals surface area (Å²) < 4.78 is 6.87. The Morgan fingerprint density at radius 1 is 1.27 bits per heavy atom. The Balaban J connectivity index is 1.92. The third-order valence-electron chi connectivity index (χ3n) is 3.43. The molecule has 0 spiro atoms. The van der Waals surface area contributed by atoms with Crippen molar-refractivity contribution in [1.29, 1.82) is 0 Å². The van der Waals surface area contributed by atoms with Crippen LogP contribution in [0.15, 0.2) is 42.1 Å². The van der Waals surface area contributed by atoms with Crippen molar-refractivity contribution < 1.29 is 14.3 Å². The first-order valence-electron chi connectivity index (χ1n) is 8.31. The van der Waals surface area contributed by atoms with E-state index in [4.69, 9.17) is 4.74 Å². The number of nitrogens with one attached hydrogen (secondary N) is 1. The number of ether oxygens (including phenoxy) is 1. The van der Waals surface area contributed by atoms with E-state index in [-0.39, 0.29) is 17.6 Å². The molecule has 7 nitrogen and oxygen atoms in total. The Labute approximate surface area is 156 Å². The minimum absolute atomic E-state index is 0.162. The van der Waals surface area contributed by atoms with Gasteiger partial charge in [0.15, 0.2) is 5.16 Å². The smallest absolute Gasteiger partial charge is 0.338 e. The van der Waals surface area contributed by atoms with E-state index < -0.39 is 0 Å². The molecule has 0 aliphatic heterocycles. The van der Waals surface area contributed by atoms with E-state index in [0.29, 0.717) is 29.6 Å². The number of esters is 1. The summed E-state index contributed by atoms with van der Waals surface area (Å²) in [5, 5.41) is 11.7. The number of carbonyl (C=O) groups is 2. The quantitative estimate of drug-likeness (QED) is 0.413. The molecule has 1 heterocycles. The summed E-state index contributed by atoms with van der Waals surface area (Å²) in [5.74, 6) is 0.528. The first-order valence-corrected chi connectivity index (χ1v) is 9.30. The SMILES string of the molecule is C=CCn1c(CC)nnc1SCC(=O)Nc1ccc(C(=O)OCC)cc1. The van der Waals surface area contributed by atoms with Gasteiger partial charge in [-0.3, -0.25) is 4.79 Å². The number of anilines is 1. The van der Waals surface area contributed by atoms with Crippen molar-refractivity contribution in [2.45, 2.75) is 32.0 Å². The van der Waals surface area contributed by atoms with Crippen LogP contribution in [0.25, 0.3) is 0 Å². The van der Waals surface area contributed by atoms with Gasteiger partial charge in [0.25, 0.3) is 0 Å². The van der Waals surface area contributed by atoms with Crippen molar-refractivity contribution in [3.05, 3.63) is 48.3 Å². The molecule has 0 fully saturated rings. The summed E-state index contributed by atoms with van der Waals surface area (Å²) in [4.78, 5) is 23.8. The van der Waals surface area contributed by atoms with Crippen LogP contribution < -0.4 is 5.32 Å². The molecular weight excluding hydrogens is 352 g/mol. The van der Waals surface area contributed by atoms with Crippen molar-refractivity contribution in [3.63, 3.8) is 0 Å². The summed E-state index contributed by atoms with van der Waals surface area (Å²) in [6.07, 6.45) is 2.54. The van der Waals surface area contributed by atoms with Crippen LogP contribution in [0.4, 0.5) is 5.69 Å². The molecule has 2 rings (SSSR count). The Morgan fingerprint density at radius 3 is 2.62 bits per heavy atom. The van der Waals surface area contributed by atoms with E-state index in [0.717, 1.165) is 12.2 Å². The van der Waals surface area contributed by atoms with Crippen LogP contribution in [0.1, 0.15) is 30.0 Å². The molecule has 1 N–H and O–H groups in total. The number of hydrogen-bond donors (Lipinski definition) is 1. The van der Waals surface area contributed by atoms with E-state index in [9.17, 15) is 9.59 Å². The van der Waals surface area contributed by atoms with Crippen LogP contribution in [0.2, 0.25) is 0 Å². The van der Waals surface area contributed by atoms with Crippen LogP contribution >= 0.6 is 11.8 Å². The molecule has 1 amide bonds. The molecule has 0 bridgehead atoms. The lowest BCUT2D eigenvalue weighted by atomic mass is 10.2. The number of thioether (sulfide) groups is 1. The zero-order chi connectivity index (χ0) is 18.9. The molecule has 0 aliphatic carbocycles. The second kappa shape index (κ2) is 9.76. The maximum atomic E-state index is 12.2. The van der Waals surface area contributed by atoms with Crippen LogP contribution in [0.5, 0.6) is 0 Å². The molecule has 8 heteroatoms. The third kappa shape index (κ3) is 5.19. The highest BCUT2D eigenvalue weighted by Crippen LogP contribution is 2.18. The molecular formula is C18H22N4O3S. The first kappa shape index (κ1) is 19.7. The summed E-state index contributed by atoms with van der Waals surface area (Å²) >= 11 is 1.32. The van der Waals surface area contributed by atoms with Crippen LogP contribution in [0, 0.1) is 0 Å². The number of aryl methyl sites for hydroxylation is 1. The van der Waals surface area contributed by atoms with Crippen LogP contribution in [-0.4, -0.2) is 39.0 Å². The molecule has 0 radical (unpaired) electrons. The largest absolute Gasteiger partial charge is 0.462 e. The second-order valence-electron chi connectivity index (χ2n) is 5.29. The van der Waals surface area contributed by atoms with Gasteiger partial charge in [0, 0.05) is 18.7 Å². The molecule has 1 aromatic heterocycles. The van der Waals surface area contributed by atoms with E-state index in [1.807, 2.05) is 11.5 Å². The predicted octanol–water partition coefficient (Wildman–Crippen LogP) is 2.93. The highest BCUT2D eigenvalue weighted by atomic mass is 32.2. The average molecular weight is 374 g/mol. The topological polar surface area (TPSA) is 86.1 Å². The fraction of sp³-hybridized carbons (Fsp3) is 0.333. The van der Waals surface area contributed by atoms with Gasteiger partial charge in [-0.25, -0.2) is 4.79 Å². The first-order chi connectivity index (χ1) is 12.6. The molecule has 0 saturated carbocycles. The molecule has 138 valence electrons. The number of allylic oxidation sites excluding steroid dienone is 1. The number of aromatic nitrogens is 3. The average Bonchev–Trinajstić information content (AvgIpc) is 3.03. The molecule has 0 unspecified atom stereocenters. The number of amides is 1. The number of carbonyl (C=O) groups excluding carboxylic acids is 2. The minimum Gasteiger partial charge on any atom is -0.462 e. The standard InChI is InChI=1S/C18H22N4O3S/c1-4-11-22-15(5-2)20-21-18(22)26-12-16(23)19-14-9-7-13(8-10-14)17(24)25-6-3/h4,7-10H,1,5-6,11-12H2,2-3H3,(H,19,23). The number of rotatable bonds is 9. The Kier molecular flexibility index (Phi) is 7.40. The van der Waals surface area contributed by atoms with Crippen LogP contribution in [-0.2, 0) is 22.5 Å². The summed E-state index contributed by atoms with van der Waals surface area (Å²) in [7, 11) is 0. The lowest BCUT2D eigenvalue weighted by Crippen LogP contribution is -2.15. The second-order valence-corrected chi connectivity index (χ2v) is 6.23. The molecule has 0 atom stereocenters. The highest BCUT2D eigenvalue weighted by molar-refractivity contribution is 7.99. The molecule has 1 aromatic carbocycles. The Hall–Kier alpha value is -2.61. The van der Waals surface area contributed by atoms with Gasteiger partial charge in [0.2, 0.25) is 5.91 Å². The Bertz CT molecular complexity index is 771. The number of nitrogens with zero attached hydrogens (tertiary/aromatic N) is 3. The fourth-order valence-corrected chi connectivity index (χ4v) is 3.00. The van der Waals surface area contributed by atoms with Gasteiger partial charge in [0.05, 0.1) is 17.9 Å². The Morgan fingerprint density at radius 2 is 2.00 bits per heavy atom. The maximum Gasteiger partial charge on any atom is 0.338 e. The number of hydrogen-bond acceptors (Lipinski definition) is 6. The van der Waals surface area contributed by atoms with Gasteiger partial charge in [0.1, 0.15) is 5.82 Å². The monoisotopic (exact) mass is 374 g/mol. The lowest BCUT2D eigenvalue weighted by Gasteiger charge is -2.08. The molecule has 2 aromatic rings. The van der Waals surface area contributed by atoms with Crippen LogP contribution in [0.3, 0.4) is 0 Å². The van der Waals surface area contributed by atoms with E-state index in [1.165, 1.54) is 11.8 Å². The van der Waals surface area contributed by atoms with Crippen molar-refractivity contribution in [2.75, 3.05) is 17.7 Å². The van der Waals surface area contributed by atoms with Gasteiger partial charge in [-0.15, -0.1) is 16.8 Å². The maximum absolute atomic E-state index is 12.2. The zero-order valence-electron chi connectivity index (χ0n) is 14.9. The molecule has 0 aliphatic rings. The van der Waals surface area contributed by atoms with Crippen molar-refractivity contribution >= 4 is 29.3 Å². The highest BCUT2D eigenvalue weighted by Gasteiger charge is 2.13. The van der Waals surface area contributed by atoms with Crippen molar-refractivity contribution in [2.24, 2.45) is 0 Å². The van der Waals surface area contributed by atoms with Gasteiger partial charge in [-0.2, -0.15) is 0 Å². The minimum atomic E-state index is -0.380. The normalized spacial score (nSPS) is 10.4. The predicted molar refractivity (Wildman–Crippen MR) is 101 cm³/mol. The fourth-order valence-electron chi connectivity index (χ4n) is 2.23. The van der Waals surface area contributed by atoms with Gasteiger partial charge in [-0.1, -0.05) is 24.8 Å². The third-order valence-corrected chi connectivity index (χ3v) is 4.40. The molecule has 26 heavy (non-hydrogen) atoms. The summed E-state index contributed by atoms with van der Waals surface area (Å²) in [6, 6.07) is 6.58. The number of benzene rings is 1. The summed E-state index contributed by atoms with van der Waals surface area (Å²) in [5.41, 5.74) is 1.06. The lowest BCUT2D eigenvalue weighted by molar-refractivity contribution is -0.113. The van der Waals surface area contributed by atoms with Crippen molar-refractivity contribution in [1.82, 2.24) is 14.8 Å². The van der Waals surface area contributed by atoms with E-state index in [2.05, 4.69) is 22.1 Å². The summed E-state index contributed by atoms with van der Waals surface area (Å²) in [6.45, 7) is 8.43. The zero-order valence-corrected chi connectivity index (χ0v) is 15.7. The van der Waals surface area contributed by atoms with Crippen molar-refractivity contribution in [3.8, 4) is 0 Å². The van der Waals surface area contributed by atoms with Gasteiger partial charge < -0.3 is 14.6 Å². The van der Waals surface area contributed by atoms with Gasteiger partial charge in [-0.05, 0) is 31.2 Å². The molecule has 0 saturated heterocycles. The van der Waals surface area contributed by atoms with E-state index >= 15 is 0 Å². The van der Waals surface area contributed by atoms with Gasteiger partial charge >= 0.3 is 5.97 Å².